The van der Waals surface area contributed by atoms with Gasteiger partial charge >= 0.3 is 14.2 Å². The maximum absolute atomic E-state index is 11.0. The van der Waals surface area contributed by atoms with Gasteiger partial charge in [0.2, 0.25) is 0 Å². The van der Waals surface area contributed by atoms with Crippen LogP contribution in [0.2, 0.25) is 0 Å². The van der Waals surface area contributed by atoms with Crippen LogP contribution >= 0.6 is 8.25 Å². The highest BCUT2D eigenvalue weighted by Crippen LogP contribution is 2.27. The van der Waals surface area contributed by atoms with Crippen molar-refractivity contribution < 1.29 is 23.5 Å². The first kappa shape index (κ1) is 15.5. The van der Waals surface area contributed by atoms with Crippen molar-refractivity contribution in [2.45, 2.75) is 52.1 Å². The molecule has 0 saturated carbocycles. The summed E-state index contributed by atoms with van der Waals surface area (Å²) in [6.07, 6.45) is 2.70. The Balaban J connectivity index is 4.11. The quantitative estimate of drug-likeness (QED) is 0.407. The molecular formula is C10H20O5P+. The first-order valence-electron chi connectivity index (χ1n) is 5.44. The second kappa shape index (κ2) is 7.71. The Morgan fingerprint density at radius 3 is 2.31 bits per heavy atom. The molecule has 5 nitrogen and oxygen atoms in total. The molecule has 0 aromatic carbocycles. The third-order valence-corrected chi connectivity index (χ3v) is 3.03. The van der Waals surface area contributed by atoms with E-state index in [2.05, 4.69) is 4.52 Å². The van der Waals surface area contributed by atoms with E-state index in [4.69, 9.17) is 9.63 Å². The van der Waals surface area contributed by atoms with E-state index < -0.39 is 13.9 Å². The normalized spacial score (nSPS) is 12.4. The minimum Gasteiger partial charge on any atom is -0.459 e. The highest BCUT2D eigenvalue weighted by atomic mass is 31.1. The van der Waals surface area contributed by atoms with E-state index in [9.17, 15) is 9.36 Å². The Kier molecular flexibility index (Phi) is 7.47. The van der Waals surface area contributed by atoms with Gasteiger partial charge in [-0.05, 0) is 25.7 Å². The Bertz CT molecular complexity index is 237. The molecule has 0 bridgehead atoms. The summed E-state index contributed by atoms with van der Waals surface area (Å²) >= 11 is 0. The second-order valence-electron chi connectivity index (χ2n) is 3.66. The van der Waals surface area contributed by atoms with Crippen LogP contribution < -0.4 is 0 Å². The fraction of sp³-hybridized carbons (Fsp3) is 0.900. The lowest BCUT2D eigenvalue weighted by Crippen LogP contribution is -2.33. The average molecular weight is 251 g/mol. The maximum Gasteiger partial charge on any atom is 0.694 e. The van der Waals surface area contributed by atoms with Crippen molar-refractivity contribution in [3.05, 3.63) is 0 Å². The highest BCUT2D eigenvalue weighted by molar-refractivity contribution is 7.32. The van der Waals surface area contributed by atoms with Crippen molar-refractivity contribution >= 4 is 14.2 Å². The van der Waals surface area contributed by atoms with Crippen LogP contribution in [0.4, 0.5) is 0 Å². The monoisotopic (exact) mass is 251 g/mol. The zero-order valence-electron chi connectivity index (χ0n) is 10.1. The third kappa shape index (κ3) is 6.16. The highest BCUT2D eigenvalue weighted by Gasteiger charge is 2.29. The summed E-state index contributed by atoms with van der Waals surface area (Å²) in [6.45, 7) is 5.51. The van der Waals surface area contributed by atoms with E-state index in [1.54, 1.807) is 0 Å². The van der Waals surface area contributed by atoms with Crippen molar-refractivity contribution in [3.8, 4) is 0 Å². The van der Waals surface area contributed by atoms with Crippen molar-refractivity contribution in [1.29, 1.82) is 0 Å². The predicted octanol–water partition coefficient (Wildman–Crippen LogP) is 2.55. The zero-order chi connectivity index (χ0) is 12.6. The molecule has 0 aliphatic rings. The van der Waals surface area contributed by atoms with Gasteiger partial charge in [-0.25, -0.2) is 0 Å². The molecule has 0 saturated heterocycles. The minimum atomic E-state index is -2.53. The van der Waals surface area contributed by atoms with Crippen molar-refractivity contribution in [1.82, 2.24) is 0 Å². The number of carbonyl (C=O) groups is 1. The van der Waals surface area contributed by atoms with Gasteiger partial charge in [0.05, 0.1) is 0 Å². The van der Waals surface area contributed by atoms with Crippen LogP contribution in [0, 0.1) is 0 Å². The molecule has 6 heteroatoms. The molecule has 1 atom stereocenters. The Morgan fingerprint density at radius 1 is 1.38 bits per heavy atom. The molecule has 0 heterocycles. The topological polar surface area (TPSA) is 72.8 Å². The lowest BCUT2D eigenvalue weighted by Gasteiger charge is -2.30. The number of esters is 1. The molecule has 0 fully saturated rings. The Hall–Kier alpha value is -0.510. The van der Waals surface area contributed by atoms with Gasteiger partial charge in [0.1, 0.15) is 12.2 Å². The number of carbonyl (C=O) groups excluding carboxylic acids is 1. The van der Waals surface area contributed by atoms with Gasteiger partial charge in [0.25, 0.3) is 0 Å². The molecule has 0 aromatic rings. The molecule has 1 N–H and O–H groups in total. The second-order valence-corrected chi connectivity index (χ2v) is 4.39. The Labute approximate surface area is 97.1 Å². The first-order chi connectivity index (χ1) is 7.45. The largest absolute Gasteiger partial charge is 0.694 e. The molecule has 0 aromatic heterocycles. The summed E-state index contributed by atoms with van der Waals surface area (Å²) in [4.78, 5) is 19.4. The Morgan fingerprint density at radius 2 is 1.94 bits per heavy atom. The SMILES string of the molecule is CCC(CC)(CCCO[P+](=O)O)OC(C)=O. The smallest absolute Gasteiger partial charge is 0.459 e. The van der Waals surface area contributed by atoms with E-state index in [-0.39, 0.29) is 12.6 Å². The van der Waals surface area contributed by atoms with Crippen LogP contribution in [0.25, 0.3) is 0 Å². The molecular weight excluding hydrogens is 231 g/mol. The third-order valence-electron chi connectivity index (χ3n) is 2.63. The molecule has 0 amide bonds. The predicted molar refractivity (Wildman–Crippen MR) is 60.1 cm³/mol. The van der Waals surface area contributed by atoms with Crippen molar-refractivity contribution in [2.75, 3.05) is 6.61 Å². The van der Waals surface area contributed by atoms with Gasteiger partial charge in [-0.1, -0.05) is 13.8 Å². The lowest BCUT2D eigenvalue weighted by atomic mass is 9.91. The first-order valence-corrected chi connectivity index (χ1v) is 6.57. The van der Waals surface area contributed by atoms with Gasteiger partial charge in [-0.3, -0.25) is 4.79 Å². The van der Waals surface area contributed by atoms with E-state index >= 15 is 0 Å². The zero-order valence-corrected chi connectivity index (χ0v) is 11.0. The van der Waals surface area contributed by atoms with Crippen LogP contribution in [-0.2, 0) is 18.6 Å². The van der Waals surface area contributed by atoms with Crippen molar-refractivity contribution in [2.24, 2.45) is 0 Å². The number of ether oxygens (including phenoxy) is 1. The number of rotatable bonds is 8. The van der Waals surface area contributed by atoms with Gasteiger partial charge < -0.3 is 4.74 Å². The van der Waals surface area contributed by atoms with Gasteiger partial charge in [0, 0.05) is 11.5 Å². The summed E-state index contributed by atoms with van der Waals surface area (Å²) in [7, 11) is -2.53. The molecule has 16 heavy (non-hydrogen) atoms. The van der Waals surface area contributed by atoms with Gasteiger partial charge in [0.15, 0.2) is 0 Å². The van der Waals surface area contributed by atoms with Crippen LogP contribution in [0.1, 0.15) is 46.5 Å². The number of hydrogen-bond donors (Lipinski definition) is 1. The van der Waals surface area contributed by atoms with Crippen LogP contribution in [0.15, 0.2) is 0 Å². The average Bonchev–Trinajstić information content (AvgIpc) is 2.22. The minimum absolute atomic E-state index is 0.203. The fourth-order valence-corrected chi connectivity index (χ4v) is 1.93. The summed E-state index contributed by atoms with van der Waals surface area (Å²) in [5.41, 5.74) is -0.462. The van der Waals surface area contributed by atoms with E-state index in [0.29, 0.717) is 12.8 Å². The summed E-state index contributed by atoms with van der Waals surface area (Å²) in [5.74, 6) is -0.294. The van der Waals surface area contributed by atoms with Crippen LogP contribution in [0.3, 0.4) is 0 Å². The number of hydrogen-bond acceptors (Lipinski definition) is 4. The van der Waals surface area contributed by atoms with Crippen LogP contribution in [-0.4, -0.2) is 23.1 Å². The van der Waals surface area contributed by atoms with Crippen LogP contribution in [0.5, 0.6) is 0 Å². The van der Waals surface area contributed by atoms with Crippen molar-refractivity contribution in [3.63, 3.8) is 0 Å². The molecule has 0 aliphatic carbocycles. The summed E-state index contributed by atoms with van der Waals surface area (Å²) in [6, 6.07) is 0. The molecule has 1 unspecified atom stereocenters. The summed E-state index contributed by atoms with van der Waals surface area (Å²) in [5, 5.41) is 0. The van der Waals surface area contributed by atoms with E-state index in [1.807, 2.05) is 13.8 Å². The molecule has 0 radical (unpaired) electrons. The molecule has 94 valence electrons. The standard InChI is InChI=1S/C10H19O5P/c1-4-10(5-2,15-9(3)11)7-6-8-14-16(12)13/h4-8H2,1-3H3/p+1. The van der Waals surface area contributed by atoms with Gasteiger partial charge in [-0.15, -0.1) is 9.42 Å². The maximum atomic E-state index is 11.0. The summed E-state index contributed by atoms with van der Waals surface area (Å²) < 4.78 is 20.2. The molecule has 0 spiro atoms. The fourth-order valence-electron chi connectivity index (χ4n) is 1.64. The molecule has 0 aliphatic heterocycles. The van der Waals surface area contributed by atoms with E-state index in [0.717, 1.165) is 12.8 Å². The van der Waals surface area contributed by atoms with Gasteiger partial charge in [-0.2, -0.15) is 0 Å². The molecule has 0 rings (SSSR count). The lowest BCUT2D eigenvalue weighted by molar-refractivity contribution is -0.159. The van der Waals surface area contributed by atoms with E-state index in [1.165, 1.54) is 6.92 Å².